The zero-order chi connectivity index (χ0) is 18.9. The second-order valence-corrected chi connectivity index (χ2v) is 6.67. The lowest BCUT2D eigenvalue weighted by Gasteiger charge is -2.10. The van der Waals surface area contributed by atoms with Crippen molar-refractivity contribution in [2.45, 2.75) is 13.3 Å². The minimum Gasteiger partial charge on any atom is -0.355 e. The molecule has 6 nitrogen and oxygen atoms in total. The summed E-state index contributed by atoms with van der Waals surface area (Å²) in [7, 11) is 0. The first-order chi connectivity index (χ1) is 12.5. The molecule has 0 fully saturated rings. The summed E-state index contributed by atoms with van der Waals surface area (Å²) >= 11 is 9.30. The molecule has 0 radical (unpaired) electrons. The van der Waals surface area contributed by atoms with Crippen LogP contribution in [0.15, 0.2) is 52.0 Å². The minimum absolute atomic E-state index is 0.441. The highest BCUT2D eigenvalue weighted by molar-refractivity contribution is 9.10. The van der Waals surface area contributed by atoms with Crippen LogP contribution in [0.25, 0.3) is 0 Å². The van der Waals surface area contributed by atoms with Crippen LogP contribution < -0.4 is 16.1 Å². The Bertz CT molecular complexity index is 809. The smallest absolute Gasteiger partial charge is 0.329 e. The van der Waals surface area contributed by atoms with Crippen LogP contribution in [0.3, 0.4) is 0 Å². The Morgan fingerprint density at radius 1 is 1.15 bits per heavy atom. The predicted octanol–water partition coefficient (Wildman–Crippen LogP) is 3.82. The number of hydrogen-bond donors (Lipinski definition) is 3. The van der Waals surface area contributed by atoms with Crippen LogP contribution in [-0.2, 0) is 9.59 Å². The summed E-state index contributed by atoms with van der Waals surface area (Å²) in [5.41, 5.74) is 4.58. The number of hydrogen-bond acceptors (Lipinski definition) is 4. The summed E-state index contributed by atoms with van der Waals surface area (Å²) in [5, 5.41) is 10.2. The van der Waals surface area contributed by atoms with E-state index >= 15 is 0 Å². The van der Waals surface area contributed by atoms with E-state index in [2.05, 4.69) is 37.1 Å². The zero-order valence-electron chi connectivity index (χ0n) is 14.1. The van der Waals surface area contributed by atoms with Gasteiger partial charge in [-0.15, -0.1) is 0 Å². The molecule has 0 atom stereocenters. The lowest BCUT2D eigenvalue weighted by Crippen LogP contribution is -2.38. The third-order valence-electron chi connectivity index (χ3n) is 3.25. The Kier molecular flexibility index (Phi) is 7.62. The molecule has 0 unspecified atom stereocenters. The van der Waals surface area contributed by atoms with Gasteiger partial charge in [0, 0.05) is 33.0 Å². The maximum Gasteiger partial charge on any atom is 0.329 e. The maximum atomic E-state index is 11.6. The van der Waals surface area contributed by atoms with E-state index in [1.54, 1.807) is 12.1 Å². The molecule has 2 aromatic carbocycles. The van der Waals surface area contributed by atoms with Crippen LogP contribution >= 0.6 is 27.5 Å². The quantitative estimate of drug-likeness (QED) is 0.365. The van der Waals surface area contributed by atoms with Gasteiger partial charge in [0.1, 0.15) is 0 Å². The van der Waals surface area contributed by atoms with E-state index in [0.29, 0.717) is 11.6 Å². The van der Waals surface area contributed by atoms with Crippen LogP contribution in [0.5, 0.6) is 0 Å². The minimum atomic E-state index is -0.808. The number of benzene rings is 2. The second-order valence-electron chi connectivity index (χ2n) is 5.32. The molecule has 26 heavy (non-hydrogen) atoms. The molecule has 0 aliphatic heterocycles. The molecule has 0 saturated heterocycles. The third kappa shape index (κ3) is 6.16. The standard InChI is InChI=1S/C18H18BrClN4O2/c1-2-9-21-17(25)18(26)24-22-11-12-10-13(19)3-8-16(12)23-15-6-4-14(20)5-7-15/h3-8,10-11,23H,2,9H2,1H3,(H,21,25)(H,24,26)/b22-11-. The van der Waals surface area contributed by atoms with Gasteiger partial charge in [-0.2, -0.15) is 5.10 Å². The lowest BCUT2D eigenvalue weighted by atomic mass is 10.2. The summed E-state index contributed by atoms with van der Waals surface area (Å²) in [4.78, 5) is 23.1. The van der Waals surface area contributed by atoms with E-state index in [1.807, 2.05) is 37.3 Å². The number of nitrogens with zero attached hydrogens (tertiary/aromatic N) is 1. The molecule has 3 N–H and O–H groups in total. The molecule has 0 aliphatic carbocycles. The molecule has 0 aromatic heterocycles. The van der Waals surface area contributed by atoms with Gasteiger partial charge in [0.15, 0.2) is 0 Å². The van der Waals surface area contributed by atoms with Gasteiger partial charge in [-0.05, 0) is 48.9 Å². The van der Waals surface area contributed by atoms with Crippen molar-refractivity contribution in [3.8, 4) is 0 Å². The molecule has 0 saturated carbocycles. The number of amides is 2. The number of carbonyl (C=O) groups excluding carboxylic acids is 2. The highest BCUT2D eigenvalue weighted by Gasteiger charge is 2.11. The van der Waals surface area contributed by atoms with E-state index in [-0.39, 0.29) is 0 Å². The van der Waals surface area contributed by atoms with Gasteiger partial charge in [0.25, 0.3) is 0 Å². The number of halogens is 2. The summed E-state index contributed by atoms with van der Waals surface area (Å²) in [6.07, 6.45) is 2.22. The van der Waals surface area contributed by atoms with Crippen molar-refractivity contribution in [3.05, 3.63) is 57.5 Å². The van der Waals surface area contributed by atoms with E-state index in [4.69, 9.17) is 11.6 Å². The first kappa shape index (κ1) is 19.9. The summed E-state index contributed by atoms with van der Waals surface area (Å²) < 4.78 is 0.854. The van der Waals surface area contributed by atoms with Gasteiger partial charge < -0.3 is 10.6 Å². The van der Waals surface area contributed by atoms with Crippen LogP contribution in [0.2, 0.25) is 5.02 Å². The molecule has 0 aliphatic rings. The maximum absolute atomic E-state index is 11.6. The van der Waals surface area contributed by atoms with Crippen LogP contribution in [-0.4, -0.2) is 24.6 Å². The van der Waals surface area contributed by atoms with Crippen molar-refractivity contribution in [2.24, 2.45) is 5.10 Å². The first-order valence-corrected chi connectivity index (χ1v) is 9.10. The Labute approximate surface area is 165 Å². The van der Waals surface area contributed by atoms with Crippen molar-refractivity contribution >= 4 is 56.9 Å². The molecule has 8 heteroatoms. The Morgan fingerprint density at radius 2 is 1.88 bits per heavy atom. The van der Waals surface area contributed by atoms with E-state index in [0.717, 1.165) is 27.8 Å². The number of carbonyl (C=O) groups is 2. The normalized spacial score (nSPS) is 10.6. The number of hydrazone groups is 1. The lowest BCUT2D eigenvalue weighted by molar-refractivity contribution is -0.139. The number of rotatable bonds is 6. The van der Waals surface area contributed by atoms with Gasteiger partial charge in [0.05, 0.1) is 6.21 Å². The van der Waals surface area contributed by atoms with Crippen molar-refractivity contribution in [1.82, 2.24) is 10.7 Å². The Morgan fingerprint density at radius 3 is 2.58 bits per heavy atom. The SMILES string of the molecule is CCCNC(=O)C(=O)N/N=C\c1cc(Br)ccc1Nc1ccc(Cl)cc1. The average molecular weight is 438 g/mol. The molecule has 0 spiro atoms. The molecular formula is C18H18BrClN4O2. The highest BCUT2D eigenvalue weighted by atomic mass is 79.9. The molecule has 2 rings (SSSR count). The highest BCUT2D eigenvalue weighted by Crippen LogP contribution is 2.24. The van der Waals surface area contributed by atoms with Crippen molar-refractivity contribution in [1.29, 1.82) is 0 Å². The predicted molar refractivity (Wildman–Crippen MR) is 108 cm³/mol. The molecule has 2 amide bonds. The molecule has 0 bridgehead atoms. The molecule has 0 heterocycles. The fourth-order valence-corrected chi connectivity index (χ4v) is 2.48. The first-order valence-electron chi connectivity index (χ1n) is 7.93. The number of nitrogens with one attached hydrogen (secondary N) is 3. The van der Waals surface area contributed by atoms with Crippen LogP contribution in [0.1, 0.15) is 18.9 Å². The number of anilines is 2. The summed E-state index contributed by atoms with van der Waals surface area (Å²) in [5.74, 6) is -1.52. The monoisotopic (exact) mass is 436 g/mol. The third-order valence-corrected chi connectivity index (χ3v) is 3.99. The topological polar surface area (TPSA) is 82.6 Å². The van der Waals surface area contributed by atoms with Crippen LogP contribution in [0.4, 0.5) is 11.4 Å². The fourth-order valence-electron chi connectivity index (χ4n) is 1.97. The van der Waals surface area contributed by atoms with Gasteiger partial charge in [0.2, 0.25) is 0 Å². The van der Waals surface area contributed by atoms with Gasteiger partial charge in [-0.1, -0.05) is 34.5 Å². The van der Waals surface area contributed by atoms with Crippen LogP contribution in [0, 0.1) is 0 Å². The van der Waals surface area contributed by atoms with Crippen molar-refractivity contribution in [3.63, 3.8) is 0 Å². The largest absolute Gasteiger partial charge is 0.355 e. The molecule has 2 aromatic rings. The fraction of sp³-hybridized carbons (Fsp3) is 0.167. The summed E-state index contributed by atoms with van der Waals surface area (Å²) in [6, 6.07) is 12.9. The average Bonchev–Trinajstić information content (AvgIpc) is 2.63. The van der Waals surface area contributed by atoms with Gasteiger partial charge >= 0.3 is 11.8 Å². The van der Waals surface area contributed by atoms with E-state index in [9.17, 15) is 9.59 Å². The summed E-state index contributed by atoms with van der Waals surface area (Å²) in [6.45, 7) is 2.34. The van der Waals surface area contributed by atoms with Crippen molar-refractivity contribution < 1.29 is 9.59 Å². The Hall–Kier alpha value is -2.38. The molecule has 136 valence electrons. The van der Waals surface area contributed by atoms with Crippen molar-refractivity contribution in [2.75, 3.05) is 11.9 Å². The van der Waals surface area contributed by atoms with E-state index < -0.39 is 11.8 Å². The zero-order valence-corrected chi connectivity index (χ0v) is 16.4. The second kappa shape index (κ2) is 9.94. The van der Waals surface area contributed by atoms with Gasteiger partial charge in [-0.25, -0.2) is 5.43 Å². The van der Waals surface area contributed by atoms with Gasteiger partial charge in [-0.3, -0.25) is 9.59 Å². The Balaban J connectivity index is 2.08. The molecular weight excluding hydrogens is 420 g/mol. The van der Waals surface area contributed by atoms with E-state index in [1.165, 1.54) is 6.21 Å².